The molecule has 0 bridgehead atoms. The second-order valence-corrected chi connectivity index (χ2v) is 3.74. The van der Waals surface area contributed by atoms with Crippen molar-refractivity contribution in [2.24, 2.45) is 5.92 Å². The van der Waals surface area contributed by atoms with Crippen LogP contribution in [0.15, 0.2) is 16.9 Å². The summed E-state index contributed by atoms with van der Waals surface area (Å²) in [5.41, 5.74) is 0. The predicted octanol–water partition coefficient (Wildman–Crippen LogP) is 2.48. The van der Waals surface area contributed by atoms with E-state index in [0.29, 0.717) is 0 Å². The highest BCUT2D eigenvalue weighted by Crippen LogP contribution is 2.30. The molecule has 0 radical (unpaired) electrons. The van der Waals surface area contributed by atoms with Gasteiger partial charge in [-0.25, -0.2) is 0 Å². The molecule has 0 atom stereocenters. The number of rotatable bonds is 2. The van der Waals surface area contributed by atoms with Crippen LogP contribution in [0.3, 0.4) is 0 Å². The SMILES string of the molecule is Brc1cnn(CC2CC2)c1.Cl. The lowest BCUT2D eigenvalue weighted by Crippen LogP contribution is -1.98. The van der Waals surface area contributed by atoms with Gasteiger partial charge in [-0.2, -0.15) is 5.10 Å². The van der Waals surface area contributed by atoms with Crippen molar-refractivity contribution in [3.63, 3.8) is 0 Å². The zero-order valence-electron chi connectivity index (χ0n) is 6.03. The maximum absolute atomic E-state index is 4.17. The average molecular weight is 238 g/mol. The van der Waals surface area contributed by atoms with Gasteiger partial charge in [0, 0.05) is 12.7 Å². The van der Waals surface area contributed by atoms with Gasteiger partial charge in [0.25, 0.3) is 0 Å². The molecule has 11 heavy (non-hydrogen) atoms. The molecule has 1 aromatic heterocycles. The molecule has 0 unspecified atom stereocenters. The summed E-state index contributed by atoms with van der Waals surface area (Å²) in [6.07, 6.45) is 6.63. The molecule has 1 aromatic rings. The van der Waals surface area contributed by atoms with Gasteiger partial charge in [-0.05, 0) is 34.7 Å². The zero-order valence-corrected chi connectivity index (χ0v) is 8.44. The summed E-state index contributed by atoms with van der Waals surface area (Å²) in [6, 6.07) is 0. The van der Waals surface area contributed by atoms with E-state index in [1.54, 1.807) is 0 Å². The minimum atomic E-state index is 0. The van der Waals surface area contributed by atoms with Crippen LogP contribution < -0.4 is 0 Å². The van der Waals surface area contributed by atoms with Gasteiger partial charge in [0.2, 0.25) is 0 Å². The van der Waals surface area contributed by atoms with Gasteiger partial charge in [0.1, 0.15) is 0 Å². The Labute approximate surface area is 80.5 Å². The first-order chi connectivity index (χ1) is 4.84. The fourth-order valence-electron chi connectivity index (χ4n) is 1.00. The topological polar surface area (TPSA) is 17.8 Å². The minimum Gasteiger partial charge on any atom is -0.271 e. The fourth-order valence-corrected chi connectivity index (χ4v) is 1.33. The van der Waals surface area contributed by atoms with Crippen LogP contribution in [0.2, 0.25) is 0 Å². The van der Waals surface area contributed by atoms with E-state index in [9.17, 15) is 0 Å². The van der Waals surface area contributed by atoms with Gasteiger partial charge >= 0.3 is 0 Å². The molecule has 1 saturated carbocycles. The maximum atomic E-state index is 4.17. The van der Waals surface area contributed by atoms with E-state index in [0.717, 1.165) is 16.9 Å². The highest BCUT2D eigenvalue weighted by atomic mass is 79.9. The summed E-state index contributed by atoms with van der Waals surface area (Å²) >= 11 is 3.36. The third-order valence-electron chi connectivity index (χ3n) is 1.74. The third kappa shape index (κ3) is 2.49. The second-order valence-electron chi connectivity index (χ2n) is 2.82. The van der Waals surface area contributed by atoms with Crippen molar-refractivity contribution in [2.75, 3.05) is 0 Å². The Hall–Kier alpha value is -0.0200. The van der Waals surface area contributed by atoms with Gasteiger partial charge in [-0.15, -0.1) is 12.4 Å². The van der Waals surface area contributed by atoms with E-state index in [2.05, 4.69) is 21.0 Å². The normalized spacial score (nSPS) is 16.1. The molecule has 4 heteroatoms. The largest absolute Gasteiger partial charge is 0.271 e. The third-order valence-corrected chi connectivity index (χ3v) is 2.15. The van der Waals surface area contributed by atoms with Crippen molar-refractivity contribution in [3.8, 4) is 0 Å². The van der Waals surface area contributed by atoms with Crippen LogP contribution in [0.1, 0.15) is 12.8 Å². The molecular weight excluding hydrogens is 227 g/mol. The average Bonchev–Trinajstić information content (AvgIpc) is 2.59. The minimum absolute atomic E-state index is 0. The monoisotopic (exact) mass is 236 g/mol. The van der Waals surface area contributed by atoms with E-state index >= 15 is 0 Å². The summed E-state index contributed by atoms with van der Waals surface area (Å²) in [4.78, 5) is 0. The first-order valence-electron chi connectivity index (χ1n) is 3.52. The number of halogens is 2. The second kappa shape index (κ2) is 3.59. The molecule has 1 fully saturated rings. The quantitative estimate of drug-likeness (QED) is 0.773. The molecule has 1 aliphatic carbocycles. The Bertz CT molecular complexity index is 232. The summed E-state index contributed by atoms with van der Waals surface area (Å²) in [5.74, 6) is 0.909. The molecule has 0 spiro atoms. The van der Waals surface area contributed by atoms with Crippen molar-refractivity contribution in [1.29, 1.82) is 0 Å². The summed E-state index contributed by atoms with van der Waals surface area (Å²) < 4.78 is 3.08. The lowest BCUT2D eigenvalue weighted by molar-refractivity contribution is 0.563. The van der Waals surface area contributed by atoms with Crippen molar-refractivity contribution in [2.45, 2.75) is 19.4 Å². The van der Waals surface area contributed by atoms with Crippen LogP contribution in [-0.2, 0) is 6.54 Å². The highest BCUT2D eigenvalue weighted by Gasteiger charge is 2.21. The molecule has 0 amide bonds. The Morgan fingerprint density at radius 1 is 1.64 bits per heavy atom. The Kier molecular flexibility index (Phi) is 2.96. The van der Waals surface area contributed by atoms with E-state index in [4.69, 9.17) is 0 Å². The lowest BCUT2D eigenvalue weighted by Gasteiger charge is -1.95. The van der Waals surface area contributed by atoms with E-state index in [1.807, 2.05) is 17.1 Å². The molecule has 0 aliphatic heterocycles. The maximum Gasteiger partial charge on any atom is 0.0632 e. The lowest BCUT2D eigenvalue weighted by atomic mass is 10.4. The van der Waals surface area contributed by atoms with Gasteiger partial charge in [0.05, 0.1) is 10.7 Å². The molecule has 0 aromatic carbocycles. The molecule has 0 saturated heterocycles. The highest BCUT2D eigenvalue weighted by molar-refractivity contribution is 9.10. The summed E-state index contributed by atoms with van der Waals surface area (Å²) in [6.45, 7) is 1.10. The number of nitrogens with zero attached hydrogens (tertiary/aromatic N) is 2. The molecule has 62 valence electrons. The van der Waals surface area contributed by atoms with Crippen LogP contribution in [0.25, 0.3) is 0 Å². The van der Waals surface area contributed by atoms with Crippen LogP contribution in [0.5, 0.6) is 0 Å². The van der Waals surface area contributed by atoms with Crippen molar-refractivity contribution < 1.29 is 0 Å². The Morgan fingerprint density at radius 2 is 2.36 bits per heavy atom. The van der Waals surface area contributed by atoms with Crippen molar-refractivity contribution in [1.82, 2.24) is 9.78 Å². The van der Waals surface area contributed by atoms with E-state index < -0.39 is 0 Å². The standard InChI is InChI=1S/C7H9BrN2.ClH/c8-7-3-9-10(5-7)4-6-1-2-6;/h3,5-6H,1-2,4H2;1H. The number of aromatic nitrogens is 2. The number of hydrogen-bond acceptors (Lipinski definition) is 1. The molecule has 1 heterocycles. The van der Waals surface area contributed by atoms with Gasteiger partial charge < -0.3 is 0 Å². The van der Waals surface area contributed by atoms with Crippen molar-refractivity contribution >= 4 is 28.3 Å². The van der Waals surface area contributed by atoms with E-state index in [-0.39, 0.29) is 12.4 Å². The summed E-state index contributed by atoms with van der Waals surface area (Å²) in [7, 11) is 0. The molecule has 2 rings (SSSR count). The molecular formula is C7H10BrClN2. The van der Waals surface area contributed by atoms with Gasteiger partial charge in [0.15, 0.2) is 0 Å². The zero-order chi connectivity index (χ0) is 6.97. The van der Waals surface area contributed by atoms with Crippen molar-refractivity contribution in [3.05, 3.63) is 16.9 Å². The molecule has 2 nitrogen and oxygen atoms in total. The predicted molar refractivity (Wildman–Crippen MR) is 49.9 cm³/mol. The molecule has 0 N–H and O–H groups in total. The Morgan fingerprint density at radius 3 is 2.82 bits per heavy atom. The van der Waals surface area contributed by atoms with Gasteiger partial charge in [-0.1, -0.05) is 0 Å². The van der Waals surface area contributed by atoms with E-state index in [1.165, 1.54) is 12.8 Å². The number of hydrogen-bond donors (Lipinski definition) is 0. The molecule has 1 aliphatic rings. The van der Waals surface area contributed by atoms with Crippen LogP contribution >= 0.6 is 28.3 Å². The first kappa shape index (κ1) is 9.07. The van der Waals surface area contributed by atoms with Crippen LogP contribution in [-0.4, -0.2) is 9.78 Å². The fraction of sp³-hybridized carbons (Fsp3) is 0.571. The van der Waals surface area contributed by atoms with Gasteiger partial charge in [-0.3, -0.25) is 4.68 Å². The van der Waals surface area contributed by atoms with Crippen LogP contribution in [0, 0.1) is 5.92 Å². The smallest absolute Gasteiger partial charge is 0.0632 e. The summed E-state index contributed by atoms with van der Waals surface area (Å²) in [5, 5.41) is 4.17. The van der Waals surface area contributed by atoms with Crippen LogP contribution in [0.4, 0.5) is 0 Å². The first-order valence-corrected chi connectivity index (χ1v) is 4.32. The Balaban J connectivity index is 0.000000605.